The van der Waals surface area contributed by atoms with Gasteiger partial charge in [0.15, 0.2) is 11.5 Å². The highest BCUT2D eigenvalue weighted by Crippen LogP contribution is 2.34. The third-order valence-electron chi connectivity index (χ3n) is 5.00. The molecule has 0 N–H and O–H groups in total. The maximum atomic E-state index is 13.2. The van der Waals surface area contributed by atoms with Crippen LogP contribution in [0.4, 0.5) is 0 Å². The first-order chi connectivity index (χ1) is 14.0. The third-order valence-corrected chi connectivity index (χ3v) is 6.92. The second-order valence-corrected chi connectivity index (χ2v) is 8.79. The van der Waals surface area contributed by atoms with Crippen molar-refractivity contribution in [2.75, 3.05) is 20.3 Å². The van der Waals surface area contributed by atoms with Gasteiger partial charge < -0.3 is 9.47 Å². The molecule has 4 rings (SSSR count). The van der Waals surface area contributed by atoms with Gasteiger partial charge in [0.2, 0.25) is 10.0 Å². The van der Waals surface area contributed by atoms with Crippen molar-refractivity contribution in [1.82, 2.24) is 19.1 Å². The smallest absolute Gasteiger partial charge is 0.243 e. The van der Waals surface area contributed by atoms with Crippen LogP contribution >= 0.6 is 0 Å². The molecule has 8 nitrogen and oxygen atoms in total. The van der Waals surface area contributed by atoms with Crippen LogP contribution < -0.4 is 9.47 Å². The summed E-state index contributed by atoms with van der Waals surface area (Å²) in [7, 11) is -2.14. The molecule has 0 bridgehead atoms. The fourth-order valence-corrected chi connectivity index (χ4v) is 4.50. The van der Waals surface area contributed by atoms with E-state index in [1.165, 1.54) is 16.7 Å². The Morgan fingerprint density at radius 2 is 1.79 bits per heavy atom. The van der Waals surface area contributed by atoms with Crippen molar-refractivity contribution in [3.05, 3.63) is 60.7 Å². The second-order valence-electron chi connectivity index (χ2n) is 6.79. The molecule has 1 atom stereocenters. The molecular weight excluding hydrogens is 392 g/mol. The summed E-state index contributed by atoms with van der Waals surface area (Å²) in [4.78, 5) is 4.11. The molecule has 0 saturated heterocycles. The highest BCUT2D eigenvalue weighted by atomic mass is 32.2. The van der Waals surface area contributed by atoms with E-state index in [4.69, 9.17) is 9.47 Å². The summed E-state index contributed by atoms with van der Waals surface area (Å²) < 4.78 is 40.6. The van der Waals surface area contributed by atoms with Gasteiger partial charge in [0.1, 0.15) is 12.7 Å². The van der Waals surface area contributed by atoms with Crippen LogP contribution in [-0.2, 0) is 10.0 Å². The second kappa shape index (κ2) is 7.84. The Morgan fingerprint density at radius 3 is 2.48 bits per heavy atom. The van der Waals surface area contributed by atoms with E-state index < -0.39 is 10.0 Å². The van der Waals surface area contributed by atoms with Crippen LogP contribution in [0.5, 0.6) is 11.5 Å². The molecule has 0 fully saturated rings. The van der Waals surface area contributed by atoms with Crippen LogP contribution in [0, 0.1) is 0 Å². The Labute approximate surface area is 169 Å². The maximum Gasteiger partial charge on any atom is 0.243 e. The zero-order valence-electron chi connectivity index (χ0n) is 16.2. The van der Waals surface area contributed by atoms with Gasteiger partial charge in [-0.3, -0.25) is 0 Å². The quantitative estimate of drug-likeness (QED) is 0.638. The topological polar surface area (TPSA) is 86.6 Å². The molecule has 152 valence electrons. The highest BCUT2D eigenvalue weighted by molar-refractivity contribution is 7.89. The summed E-state index contributed by atoms with van der Waals surface area (Å²) in [5, 5.41) is 4.09. The molecule has 0 aliphatic carbocycles. The van der Waals surface area contributed by atoms with Gasteiger partial charge in [-0.25, -0.2) is 18.1 Å². The first-order valence-corrected chi connectivity index (χ1v) is 10.7. The zero-order valence-corrected chi connectivity index (χ0v) is 17.0. The summed E-state index contributed by atoms with van der Waals surface area (Å²) in [6.45, 7) is 2.91. The lowest BCUT2D eigenvalue weighted by Crippen LogP contribution is -2.29. The Kier molecular flexibility index (Phi) is 5.25. The van der Waals surface area contributed by atoms with E-state index in [-0.39, 0.29) is 10.9 Å². The number of ether oxygens (including phenoxy) is 2. The van der Waals surface area contributed by atoms with E-state index >= 15 is 0 Å². The Bertz CT molecular complexity index is 1080. The first-order valence-electron chi connectivity index (χ1n) is 9.29. The van der Waals surface area contributed by atoms with Crippen molar-refractivity contribution in [3.63, 3.8) is 0 Å². The van der Waals surface area contributed by atoms with Gasteiger partial charge >= 0.3 is 0 Å². The van der Waals surface area contributed by atoms with E-state index in [1.54, 1.807) is 30.2 Å². The largest absolute Gasteiger partial charge is 0.490 e. The zero-order chi connectivity index (χ0) is 20.4. The van der Waals surface area contributed by atoms with Crippen molar-refractivity contribution >= 4 is 10.0 Å². The van der Waals surface area contributed by atoms with Gasteiger partial charge in [-0.2, -0.15) is 9.40 Å². The molecule has 3 aromatic rings. The summed E-state index contributed by atoms with van der Waals surface area (Å²) in [6.07, 6.45) is 3.84. The van der Waals surface area contributed by atoms with Crippen LogP contribution in [0.3, 0.4) is 0 Å². The van der Waals surface area contributed by atoms with E-state index in [0.29, 0.717) is 24.7 Å². The minimum absolute atomic E-state index is 0.176. The molecule has 1 aliphatic rings. The number of nitrogens with zero attached hydrogens (tertiary/aromatic N) is 4. The average Bonchev–Trinajstić information content (AvgIpc) is 3.18. The van der Waals surface area contributed by atoms with Crippen molar-refractivity contribution in [1.29, 1.82) is 0 Å². The van der Waals surface area contributed by atoms with Crippen LogP contribution in [0.25, 0.3) is 5.69 Å². The van der Waals surface area contributed by atoms with Crippen LogP contribution in [0.2, 0.25) is 0 Å². The lowest BCUT2D eigenvalue weighted by Gasteiger charge is -2.25. The lowest BCUT2D eigenvalue weighted by molar-refractivity contribution is 0.296. The molecule has 2 heterocycles. The van der Waals surface area contributed by atoms with E-state index in [1.807, 2.05) is 31.2 Å². The molecule has 1 aromatic heterocycles. The predicted octanol–water partition coefficient (Wildman–Crippen LogP) is 2.81. The summed E-state index contributed by atoms with van der Waals surface area (Å²) in [5.74, 6) is 1.03. The van der Waals surface area contributed by atoms with Crippen LogP contribution in [0.1, 0.15) is 24.9 Å². The van der Waals surface area contributed by atoms with Gasteiger partial charge in [0.25, 0.3) is 0 Å². The minimum Gasteiger partial charge on any atom is -0.490 e. The number of aromatic nitrogens is 3. The Morgan fingerprint density at radius 1 is 1.07 bits per heavy atom. The van der Waals surface area contributed by atoms with Gasteiger partial charge in [-0.1, -0.05) is 12.1 Å². The molecule has 0 spiro atoms. The van der Waals surface area contributed by atoms with Crippen molar-refractivity contribution in [2.45, 2.75) is 24.3 Å². The number of sulfonamides is 1. The molecule has 9 heteroatoms. The normalized spacial score (nSPS) is 15.1. The molecule has 1 aliphatic heterocycles. The average molecular weight is 414 g/mol. The minimum atomic E-state index is -3.71. The number of rotatable bonds is 5. The van der Waals surface area contributed by atoms with Gasteiger partial charge in [-0.15, -0.1) is 0 Å². The first kappa shape index (κ1) is 19.4. The molecule has 0 amide bonds. The molecule has 29 heavy (non-hydrogen) atoms. The maximum absolute atomic E-state index is 13.2. The van der Waals surface area contributed by atoms with Crippen LogP contribution in [-0.4, -0.2) is 47.7 Å². The fourth-order valence-electron chi connectivity index (χ4n) is 3.14. The SMILES string of the molecule is C[C@@H](c1ccc(-n2cncn2)cc1)N(C)S(=O)(=O)c1ccc2c(c1)OCCCO2. The summed E-state index contributed by atoms with van der Waals surface area (Å²) in [5.41, 5.74) is 1.72. The molecule has 0 saturated carbocycles. The van der Waals surface area contributed by atoms with Crippen molar-refractivity contribution in [2.24, 2.45) is 0 Å². The highest BCUT2D eigenvalue weighted by Gasteiger charge is 2.28. The van der Waals surface area contributed by atoms with E-state index in [9.17, 15) is 8.42 Å². The third kappa shape index (κ3) is 3.83. The van der Waals surface area contributed by atoms with Crippen molar-refractivity contribution in [3.8, 4) is 17.2 Å². The van der Waals surface area contributed by atoms with Crippen LogP contribution in [0.15, 0.2) is 60.0 Å². The molecule has 0 radical (unpaired) electrons. The Hall–Kier alpha value is -2.91. The lowest BCUT2D eigenvalue weighted by atomic mass is 10.1. The monoisotopic (exact) mass is 414 g/mol. The number of hydrogen-bond acceptors (Lipinski definition) is 6. The molecule has 0 unspecified atom stereocenters. The number of hydrogen-bond donors (Lipinski definition) is 0. The molecule has 2 aromatic carbocycles. The molecular formula is C20H22N4O4S. The van der Waals surface area contributed by atoms with Crippen molar-refractivity contribution < 1.29 is 17.9 Å². The van der Waals surface area contributed by atoms with Gasteiger partial charge in [0, 0.05) is 25.6 Å². The number of fused-ring (bicyclic) bond motifs is 1. The summed E-state index contributed by atoms with van der Waals surface area (Å²) >= 11 is 0. The van der Waals surface area contributed by atoms with E-state index in [2.05, 4.69) is 10.1 Å². The predicted molar refractivity (Wildman–Crippen MR) is 107 cm³/mol. The van der Waals surface area contributed by atoms with E-state index in [0.717, 1.165) is 17.7 Å². The Balaban J connectivity index is 1.57. The fraction of sp³-hybridized carbons (Fsp3) is 0.300. The van der Waals surface area contributed by atoms with Gasteiger partial charge in [0.05, 0.1) is 23.8 Å². The standard InChI is InChI=1S/C20H22N4O4S/c1-15(16-4-6-17(7-5-16)24-14-21-13-22-24)23(2)29(25,26)18-8-9-19-20(12-18)28-11-3-10-27-19/h4-9,12-15H,3,10-11H2,1-2H3/t15-/m0/s1. The van der Waals surface area contributed by atoms with Gasteiger partial charge in [-0.05, 0) is 36.8 Å². The number of benzene rings is 2. The summed E-state index contributed by atoms with van der Waals surface area (Å²) in [6, 6.07) is 11.9.